The molecule has 2 heterocycles. The predicted molar refractivity (Wildman–Crippen MR) is 65.9 cm³/mol. The van der Waals surface area contributed by atoms with Crippen LogP contribution in [-0.2, 0) is 0 Å². The molecule has 0 aromatic heterocycles. The molecule has 0 saturated carbocycles. The highest BCUT2D eigenvalue weighted by atomic mass is 32.9. The van der Waals surface area contributed by atoms with Gasteiger partial charge in [0.15, 0.2) is 5.75 Å². The molecule has 2 aliphatic rings. The summed E-state index contributed by atoms with van der Waals surface area (Å²) in [6.07, 6.45) is 2.03. The Hall–Kier alpha value is -0.0400. The van der Waals surface area contributed by atoms with Crippen LogP contribution in [0, 0.1) is 0 Å². The maximum absolute atomic E-state index is 11.6. The van der Waals surface area contributed by atoms with Crippen molar-refractivity contribution in [3.05, 3.63) is 9.54 Å². The number of hydrogen-bond acceptors (Lipinski definition) is 6. The summed E-state index contributed by atoms with van der Waals surface area (Å²) < 4.78 is 6.63. The Balaban J connectivity index is 2.54. The summed E-state index contributed by atoms with van der Waals surface area (Å²) >= 11 is 2.99. The Kier molecular flexibility index (Phi) is 3.16. The number of hydrogen-bond donors (Lipinski definition) is 0. The summed E-state index contributed by atoms with van der Waals surface area (Å²) in [5.74, 6) is 0.550. The number of ether oxygens (including phenoxy) is 1. The van der Waals surface area contributed by atoms with Gasteiger partial charge in [0.05, 0.1) is 15.7 Å². The van der Waals surface area contributed by atoms with Crippen molar-refractivity contribution >= 4 is 43.8 Å². The SMILES string of the molecule is CCOc1c2ssc(SC)c-2sc1=O. The fraction of sp³-hybridized carbons (Fsp3) is 0.375. The third-order valence-corrected chi connectivity index (χ3v) is 6.91. The number of rotatable bonds is 3. The van der Waals surface area contributed by atoms with E-state index in [0.29, 0.717) is 12.4 Å². The molecule has 0 aliphatic carbocycles. The highest BCUT2D eigenvalue weighted by Gasteiger charge is 2.23. The van der Waals surface area contributed by atoms with E-state index in [-0.39, 0.29) is 4.74 Å². The van der Waals surface area contributed by atoms with Crippen LogP contribution in [0.2, 0.25) is 0 Å². The van der Waals surface area contributed by atoms with E-state index in [9.17, 15) is 4.79 Å². The summed E-state index contributed by atoms with van der Waals surface area (Å²) in [6.45, 7) is 2.45. The first-order chi connectivity index (χ1) is 6.77. The molecule has 14 heavy (non-hydrogen) atoms. The lowest BCUT2D eigenvalue weighted by Crippen LogP contribution is -1.99. The Bertz CT molecular complexity index is 453. The smallest absolute Gasteiger partial charge is 0.276 e. The van der Waals surface area contributed by atoms with E-state index >= 15 is 0 Å². The maximum atomic E-state index is 11.6. The van der Waals surface area contributed by atoms with Crippen molar-refractivity contribution in [2.45, 2.75) is 11.1 Å². The van der Waals surface area contributed by atoms with Gasteiger partial charge in [-0.25, -0.2) is 0 Å². The van der Waals surface area contributed by atoms with Crippen LogP contribution >= 0.6 is 43.8 Å². The van der Waals surface area contributed by atoms with Gasteiger partial charge in [0.1, 0.15) is 4.88 Å². The molecule has 0 aromatic rings. The lowest BCUT2D eigenvalue weighted by molar-refractivity contribution is 0.341. The quantitative estimate of drug-likeness (QED) is 0.627. The topological polar surface area (TPSA) is 26.3 Å². The highest BCUT2D eigenvalue weighted by Crippen LogP contribution is 2.48. The second-order valence-corrected chi connectivity index (χ2v) is 6.68. The molecule has 0 N–H and O–H groups in total. The molecular formula is C8H8O2S4. The van der Waals surface area contributed by atoms with Crippen LogP contribution < -0.4 is 9.48 Å². The molecule has 76 valence electrons. The van der Waals surface area contributed by atoms with Crippen LogP contribution in [0.25, 0.3) is 9.75 Å². The highest BCUT2D eigenvalue weighted by molar-refractivity contribution is 8.02. The zero-order valence-electron chi connectivity index (χ0n) is 7.66. The van der Waals surface area contributed by atoms with Crippen molar-refractivity contribution in [1.29, 1.82) is 0 Å². The van der Waals surface area contributed by atoms with E-state index in [1.807, 2.05) is 13.2 Å². The van der Waals surface area contributed by atoms with E-state index < -0.39 is 0 Å². The van der Waals surface area contributed by atoms with Gasteiger partial charge in [0.25, 0.3) is 4.74 Å². The molecule has 2 aliphatic heterocycles. The van der Waals surface area contributed by atoms with Gasteiger partial charge in [-0.1, -0.05) is 32.0 Å². The molecular weight excluding hydrogens is 256 g/mol. The lowest BCUT2D eigenvalue weighted by atomic mass is 10.4. The van der Waals surface area contributed by atoms with E-state index in [0.717, 1.165) is 9.75 Å². The van der Waals surface area contributed by atoms with Gasteiger partial charge in [0.2, 0.25) is 0 Å². The average molecular weight is 264 g/mol. The first-order valence-electron chi connectivity index (χ1n) is 4.00. The number of thiophene rings is 1. The van der Waals surface area contributed by atoms with Gasteiger partial charge in [0, 0.05) is 0 Å². The molecule has 0 unspecified atom stereocenters. The number of fused-ring (bicyclic) bond motifs is 1. The minimum Gasteiger partial charge on any atom is -0.488 e. The fourth-order valence-electron chi connectivity index (χ4n) is 1.10. The molecule has 0 bridgehead atoms. The van der Waals surface area contributed by atoms with E-state index in [1.54, 1.807) is 32.4 Å². The summed E-state index contributed by atoms with van der Waals surface area (Å²) in [4.78, 5) is 13.7. The van der Waals surface area contributed by atoms with E-state index in [2.05, 4.69) is 0 Å². The van der Waals surface area contributed by atoms with Crippen LogP contribution in [0.4, 0.5) is 0 Å². The van der Waals surface area contributed by atoms with Crippen molar-refractivity contribution in [2.75, 3.05) is 12.9 Å². The monoisotopic (exact) mass is 264 g/mol. The molecule has 0 atom stereocenters. The van der Waals surface area contributed by atoms with Crippen LogP contribution in [0.1, 0.15) is 6.92 Å². The Morgan fingerprint density at radius 3 is 2.79 bits per heavy atom. The summed E-state index contributed by atoms with van der Waals surface area (Å²) in [5.41, 5.74) is 0. The summed E-state index contributed by atoms with van der Waals surface area (Å²) in [5, 5.41) is 0. The minimum absolute atomic E-state index is 0.0520. The standard InChI is InChI=1S/C8H8O2S4/c1-3-10-4-5-6(12-7(4)9)8(11-2)14-13-5/h3H2,1-2H3. The third kappa shape index (κ3) is 1.60. The first-order valence-corrected chi connectivity index (χ1v) is 8.19. The molecule has 0 radical (unpaired) electrons. The largest absolute Gasteiger partial charge is 0.488 e. The van der Waals surface area contributed by atoms with Crippen molar-refractivity contribution < 1.29 is 4.74 Å². The van der Waals surface area contributed by atoms with Crippen LogP contribution in [0.3, 0.4) is 0 Å². The molecule has 6 heteroatoms. The van der Waals surface area contributed by atoms with Crippen molar-refractivity contribution in [1.82, 2.24) is 0 Å². The van der Waals surface area contributed by atoms with Crippen molar-refractivity contribution in [2.24, 2.45) is 0 Å². The molecule has 0 aromatic carbocycles. The first kappa shape index (κ1) is 10.5. The minimum atomic E-state index is 0.0520. The van der Waals surface area contributed by atoms with E-state index in [4.69, 9.17) is 4.74 Å². The lowest BCUT2D eigenvalue weighted by Gasteiger charge is -1.97. The van der Waals surface area contributed by atoms with Gasteiger partial charge in [-0.2, -0.15) is 0 Å². The zero-order chi connectivity index (χ0) is 10.1. The molecule has 2 rings (SSSR count). The average Bonchev–Trinajstić information content (AvgIpc) is 2.68. The van der Waals surface area contributed by atoms with Crippen LogP contribution in [-0.4, -0.2) is 12.9 Å². The van der Waals surface area contributed by atoms with Gasteiger partial charge in [-0.3, -0.25) is 4.79 Å². The third-order valence-electron chi connectivity index (χ3n) is 1.65. The molecule has 0 fully saturated rings. The van der Waals surface area contributed by atoms with Gasteiger partial charge in [-0.15, -0.1) is 11.8 Å². The van der Waals surface area contributed by atoms with E-state index in [1.165, 1.54) is 15.5 Å². The maximum Gasteiger partial charge on any atom is 0.276 e. The normalized spacial score (nSPS) is 11.0. The Morgan fingerprint density at radius 2 is 2.14 bits per heavy atom. The van der Waals surface area contributed by atoms with Crippen molar-refractivity contribution in [3.8, 4) is 15.5 Å². The molecule has 0 spiro atoms. The van der Waals surface area contributed by atoms with Gasteiger partial charge < -0.3 is 4.74 Å². The van der Waals surface area contributed by atoms with Gasteiger partial charge in [-0.05, 0) is 13.2 Å². The van der Waals surface area contributed by atoms with Crippen LogP contribution in [0.15, 0.2) is 9.00 Å². The summed E-state index contributed by atoms with van der Waals surface area (Å²) in [7, 11) is 3.35. The molecule has 0 saturated heterocycles. The predicted octanol–water partition coefficient (Wildman–Crippen LogP) is 3.46. The Labute approximate surface area is 97.3 Å². The van der Waals surface area contributed by atoms with Gasteiger partial charge >= 0.3 is 0 Å². The second-order valence-electron chi connectivity index (χ2n) is 2.47. The Morgan fingerprint density at radius 1 is 1.36 bits per heavy atom. The zero-order valence-corrected chi connectivity index (χ0v) is 10.9. The summed E-state index contributed by atoms with van der Waals surface area (Å²) in [6, 6.07) is 0. The fourth-order valence-corrected chi connectivity index (χ4v) is 6.62. The second kappa shape index (κ2) is 4.22. The molecule has 2 nitrogen and oxygen atoms in total. The van der Waals surface area contributed by atoms with Crippen LogP contribution in [0.5, 0.6) is 5.75 Å². The number of thioether (sulfide) groups is 1. The van der Waals surface area contributed by atoms with Crippen molar-refractivity contribution in [3.63, 3.8) is 0 Å². The molecule has 0 amide bonds.